The van der Waals surface area contributed by atoms with E-state index >= 15 is 0 Å². The number of hydrazine groups is 1. The number of hydrogen-bond donors (Lipinski definition) is 2. The number of carbonyl (C=O) groups is 4. The average Bonchev–Trinajstić information content (AvgIpc) is 3.17. The minimum absolute atomic E-state index is 0.0268. The number of anilines is 1. The van der Waals surface area contributed by atoms with Crippen LogP contribution in [-0.2, 0) is 24.5 Å². The Kier molecular flexibility index (Phi) is 7.55. The Hall–Kier alpha value is -3.88. The van der Waals surface area contributed by atoms with Crippen LogP contribution < -0.4 is 15.5 Å². The summed E-state index contributed by atoms with van der Waals surface area (Å²) in [6.07, 6.45) is -0.112. The van der Waals surface area contributed by atoms with E-state index in [1.54, 1.807) is 36.4 Å². The molecular weight excluding hydrogens is 438 g/mol. The average molecular weight is 468 g/mol. The molecule has 1 heterocycles. The SMILES string of the molecule is COc1cccc(NC(=O)COC(=O)[C@@H]2CC(=O)N(NC(=O)c3ccc(C(C)(C)C)cc3)C2)c1. The summed E-state index contributed by atoms with van der Waals surface area (Å²) in [6, 6.07) is 13.9. The first kappa shape index (κ1) is 24.8. The molecule has 1 aliphatic rings. The molecule has 0 bridgehead atoms. The van der Waals surface area contributed by atoms with Gasteiger partial charge in [-0.3, -0.25) is 29.6 Å². The van der Waals surface area contributed by atoms with E-state index in [2.05, 4.69) is 31.5 Å². The lowest BCUT2D eigenvalue weighted by Crippen LogP contribution is -2.43. The van der Waals surface area contributed by atoms with Gasteiger partial charge in [0.05, 0.1) is 19.6 Å². The van der Waals surface area contributed by atoms with E-state index in [0.717, 1.165) is 10.6 Å². The number of methoxy groups -OCH3 is 1. The fraction of sp³-hybridized carbons (Fsp3) is 0.360. The molecule has 34 heavy (non-hydrogen) atoms. The first-order chi connectivity index (χ1) is 16.1. The quantitative estimate of drug-likeness (QED) is 0.605. The van der Waals surface area contributed by atoms with Crippen molar-refractivity contribution in [2.75, 3.05) is 25.6 Å². The van der Waals surface area contributed by atoms with Gasteiger partial charge >= 0.3 is 5.97 Å². The lowest BCUT2D eigenvalue weighted by atomic mass is 9.87. The molecule has 9 nitrogen and oxygen atoms in total. The smallest absolute Gasteiger partial charge is 0.311 e. The highest BCUT2D eigenvalue weighted by Crippen LogP contribution is 2.23. The van der Waals surface area contributed by atoms with Crippen LogP contribution in [-0.4, -0.2) is 49.0 Å². The van der Waals surface area contributed by atoms with Gasteiger partial charge in [-0.1, -0.05) is 39.0 Å². The van der Waals surface area contributed by atoms with Crippen molar-refractivity contribution >= 4 is 29.4 Å². The molecule has 180 valence electrons. The second kappa shape index (κ2) is 10.4. The van der Waals surface area contributed by atoms with Crippen molar-refractivity contribution in [2.24, 2.45) is 5.92 Å². The number of benzene rings is 2. The van der Waals surface area contributed by atoms with E-state index in [1.165, 1.54) is 7.11 Å². The van der Waals surface area contributed by atoms with Crippen LogP contribution in [0, 0.1) is 5.92 Å². The third-order valence-electron chi connectivity index (χ3n) is 5.41. The van der Waals surface area contributed by atoms with Crippen LogP contribution in [0.2, 0.25) is 0 Å². The number of amides is 3. The van der Waals surface area contributed by atoms with Gasteiger partial charge in [-0.2, -0.15) is 0 Å². The molecular formula is C25H29N3O6. The van der Waals surface area contributed by atoms with E-state index in [0.29, 0.717) is 17.0 Å². The maximum Gasteiger partial charge on any atom is 0.311 e. The number of nitrogens with one attached hydrogen (secondary N) is 2. The van der Waals surface area contributed by atoms with Crippen LogP contribution >= 0.6 is 0 Å². The summed E-state index contributed by atoms with van der Waals surface area (Å²) in [7, 11) is 1.51. The van der Waals surface area contributed by atoms with Gasteiger partial charge in [-0.15, -0.1) is 0 Å². The zero-order valence-corrected chi connectivity index (χ0v) is 19.7. The predicted octanol–water partition coefficient (Wildman–Crippen LogP) is 2.67. The number of ether oxygens (including phenoxy) is 2. The lowest BCUT2D eigenvalue weighted by molar-refractivity contribution is -0.151. The second-order valence-electron chi connectivity index (χ2n) is 9.06. The molecule has 1 saturated heterocycles. The van der Waals surface area contributed by atoms with Gasteiger partial charge in [0.15, 0.2) is 6.61 Å². The van der Waals surface area contributed by atoms with Crippen molar-refractivity contribution in [3.63, 3.8) is 0 Å². The number of esters is 1. The Morgan fingerprint density at radius 3 is 2.44 bits per heavy atom. The molecule has 1 aliphatic heterocycles. The number of carbonyl (C=O) groups excluding carboxylic acids is 4. The summed E-state index contributed by atoms with van der Waals surface area (Å²) in [5, 5.41) is 3.72. The third kappa shape index (κ3) is 6.34. The molecule has 2 aromatic rings. The van der Waals surface area contributed by atoms with Crippen LogP contribution in [0.3, 0.4) is 0 Å². The van der Waals surface area contributed by atoms with Crippen molar-refractivity contribution in [2.45, 2.75) is 32.6 Å². The molecule has 0 saturated carbocycles. The summed E-state index contributed by atoms with van der Waals surface area (Å²) >= 11 is 0. The topological polar surface area (TPSA) is 114 Å². The predicted molar refractivity (Wildman–Crippen MR) is 125 cm³/mol. The number of rotatable bonds is 7. The molecule has 9 heteroatoms. The minimum Gasteiger partial charge on any atom is -0.497 e. The molecule has 0 spiro atoms. The Morgan fingerprint density at radius 1 is 1.09 bits per heavy atom. The van der Waals surface area contributed by atoms with Crippen LogP contribution in [0.5, 0.6) is 5.75 Å². The summed E-state index contributed by atoms with van der Waals surface area (Å²) in [6.45, 7) is 5.71. The first-order valence-electron chi connectivity index (χ1n) is 10.9. The fourth-order valence-corrected chi connectivity index (χ4v) is 3.43. The molecule has 0 unspecified atom stereocenters. The van der Waals surface area contributed by atoms with Gasteiger partial charge in [0, 0.05) is 23.7 Å². The zero-order valence-electron chi connectivity index (χ0n) is 19.7. The zero-order chi connectivity index (χ0) is 24.9. The highest BCUT2D eigenvalue weighted by molar-refractivity contribution is 5.97. The van der Waals surface area contributed by atoms with E-state index in [-0.39, 0.29) is 18.4 Å². The lowest BCUT2D eigenvalue weighted by Gasteiger charge is -2.20. The summed E-state index contributed by atoms with van der Waals surface area (Å²) in [4.78, 5) is 49.3. The Balaban J connectivity index is 1.49. The Morgan fingerprint density at radius 2 is 1.79 bits per heavy atom. The van der Waals surface area contributed by atoms with Gasteiger partial charge in [-0.05, 0) is 35.2 Å². The molecule has 1 fully saturated rings. The van der Waals surface area contributed by atoms with Crippen LogP contribution in [0.1, 0.15) is 43.1 Å². The van der Waals surface area contributed by atoms with Crippen molar-refractivity contribution in [1.82, 2.24) is 10.4 Å². The summed E-state index contributed by atoms with van der Waals surface area (Å²) in [5.41, 5.74) is 4.49. The maximum atomic E-state index is 12.5. The largest absolute Gasteiger partial charge is 0.497 e. The summed E-state index contributed by atoms with van der Waals surface area (Å²) in [5.74, 6) is -2.25. The van der Waals surface area contributed by atoms with Crippen molar-refractivity contribution in [3.05, 3.63) is 59.7 Å². The fourth-order valence-electron chi connectivity index (χ4n) is 3.43. The Labute approximate surface area is 198 Å². The standard InChI is InChI=1S/C25H29N3O6/c1-25(2,3)18-10-8-16(9-11-18)23(31)27-28-14-17(12-22(28)30)24(32)34-15-21(29)26-19-6-5-7-20(13-19)33-4/h5-11,13,17H,12,14-15H2,1-4H3,(H,26,29)(H,27,31)/t17-/m1/s1. The van der Waals surface area contributed by atoms with Gasteiger partial charge in [0.1, 0.15) is 5.75 Å². The molecule has 0 aliphatic carbocycles. The van der Waals surface area contributed by atoms with Crippen LogP contribution in [0.15, 0.2) is 48.5 Å². The first-order valence-corrected chi connectivity index (χ1v) is 10.9. The molecule has 1 atom stereocenters. The molecule has 0 radical (unpaired) electrons. The molecule has 3 amide bonds. The molecule has 0 aromatic heterocycles. The van der Waals surface area contributed by atoms with Crippen molar-refractivity contribution in [1.29, 1.82) is 0 Å². The minimum atomic E-state index is -0.777. The van der Waals surface area contributed by atoms with Crippen molar-refractivity contribution in [3.8, 4) is 5.75 Å². The second-order valence-corrected chi connectivity index (χ2v) is 9.06. The molecule has 2 N–H and O–H groups in total. The van der Waals surface area contributed by atoms with Gasteiger partial charge in [0.2, 0.25) is 5.91 Å². The van der Waals surface area contributed by atoms with E-state index < -0.39 is 36.2 Å². The van der Waals surface area contributed by atoms with Gasteiger partial charge < -0.3 is 14.8 Å². The normalized spacial score (nSPS) is 15.6. The summed E-state index contributed by atoms with van der Waals surface area (Å²) < 4.78 is 10.2. The number of nitrogens with zero attached hydrogens (tertiary/aromatic N) is 1. The highest BCUT2D eigenvalue weighted by atomic mass is 16.5. The third-order valence-corrected chi connectivity index (χ3v) is 5.41. The highest BCUT2D eigenvalue weighted by Gasteiger charge is 2.36. The monoisotopic (exact) mass is 467 g/mol. The van der Waals surface area contributed by atoms with E-state index in [1.807, 2.05) is 12.1 Å². The Bertz CT molecular complexity index is 1070. The van der Waals surface area contributed by atoms with Crippen LogP contribution in [0.4, 0.5) is 5.69 Å². The van der Waals surface area contributed by atoms with E-state index in [4.69, 9.17) is 9.47 Å². The number of hydrogen-bond acceptors (Lipinski definition) is 6. The molecule has 2 aromatic carbocycles. The van der Waals surface area contributed by atoms with Crippen molar-refractivity contribution < 1.29 is 28.7 Å². The maximum absolute atomic E-state index is 12.5. The van der Waals surface area contributed by atoms with E-state index in [9.17, 15) is 19.2 Å². The molecule has 3 rings (SSSR count). The van der Waals surface area contributed by atoms with Gasteiger partial charge in [0.25, 0.3) is 11.8 Å². The van der Waals surface area contributed by atoms with Crippen LogP contribution in [0.25, 0.3) is 0 Å². The van der Waals surface area contributed by atoms with Gasteiger partial charge in [-0.25, -0.2) is 0 Å².